The monoisotopic (exact) mass is 248 g/mol. The molecule has 0 bridgehead atoms. The summed E-state index contributed by atoms with van der Waals surface area (Å²) in [6.45, 7) is 6.09. The summed E-state index contributed by atoms with van der Waals surface area (Å²) in [5.41, 5.74) is 3.68. The molecule has 1 aliphatic rings. The lowest BCUT2D eigenvalue weighted by Gasteiger charge is -2.17. The van der Waals surface area contributed by atoms with Crippen LogP contribution in [0.3, 0.4) is 0 Å². The second-order valence-electron chi connectivity index (χ2n) is 5.12. The number of hydrogen-bond acceptors (Lipinski definition) is 4. The van der Waals surface area contributed by atoms with Crippen molar-refractivity contribution in [2.45, 2.75) is 20.3 Å². The topological polar surface area (TPSA) is 71.2 Å². The molecule has 1 fully saturated rings. The number of carbonyl (C=O) groups is 1. The van der Waals surface area contributed by atoms with Crippen LogP contribution in [-0.4, -0.2) is 28.9 Å². The zero-order valence-electron chi connectivity index (χ0n) is 10.9. The number of rotatable bonds is 3. The first-order valence-electron chi connectivity index (χ1n) is 6.33. The van der Waals surface area contributed by atoms with Gasteiger partial charge in [0.1, 0.15) is 5.69 Å². The van der Waals surface area contributed by atoms with Gasteiger partial charge < -0.3 is 10.3 Å². The Morgan fingerprint density at radius 3 is 2.83 bits per heavy atom. The van der Waals surface area contributed by atoms with Gasteiger partial charge >= 0.3 is 0 Å². The molecule has 3 N–H and O–H groups in total. The zero-order chi connectivity index (χ0) is 13.1. The van der Waals surface area contributed by atoms with Crippen LogP contribution < -0.4 is 11.3 Å². The van der Waals surface area contributed by atoms with Gasteiger partial charge in [-0.25, -0.2) is 4.98 Å². The molecule has 0 saturated carbocycles. The van der Waals surface area contributed by atoms with Crippen molar-refractivity contribution in [2.75, 3.05) is 18.5 Å². The van der Waals surface area contributed by atoms with Gasteiger partial charge in [0.15, 0.2) is 0 Å². The third kappa shape index (κ3) is 2.61. The molecule has 18 heavy (non-hydrogen) atoms. The van der Waals surface area contributed by atoms with Gasteiger partial charge in [0, 0.05) is 13.1 Å². The summed E-state index contributed by atoms with van der Waals surface area (Å²) < 4.78 is 0. The number of anilines is 1. The molecule has 2 rings (SSSR count). The van der Waals surface area contributed by atoms with Crippen LogP contribution in [0.1, 0.15) is 30.8 Å². The van der Waals surface area contributed by atoms with Gasteiger partial charge in [0.05, 0.1) is 11.9 Å². The molecule has 1 saturated heterocycles. The minimum absolute atomic E-state index is 0.0155. The molecular formula is C13H20N4O. The van der Waals surface area contributed by atoms with E-state index < -0.39 is 0 Å². The molecular weight excluding hydrogens is 228 g/mol. The Labute approximate surface area is 107 Å². The SMILES string of the molecule is CC(C)C1CCN(C(=O)c2ccc(NN)cn2)C1. The van der Waals surface area contributed by atoms with Gasteiger partial charge in [-0.05, 0) is 30.4 Å². The summed E-state index contributed by atoms with van der Waals surface area (Å²) in [4.78, 5) is 18.2. The van der Waals surface area contributed by atoms with Crippen molar-refractivity contribution < 1.29 is 4.79 Å². The van der Waals surface area contributed by atoms with Crippen LogP contribution in [0.25, 0.3) is 0 Å². The molecule has 1 aliphatic heterocycles. The molecule has 5 heteroatoms. The normalized spacial score (nSPS) is 19.3. The van der Waals surface area contributed by atoms with Crippen LogP contribution in [0.4, 0.5) is 5.69 Å². The van der Waals surface area contributed by atoms with Crippen LogP contribution >= 0.6 is 0 Å². The predicted molar refractivity (Wildman–Crippen MR) is 70.9 cm³/mol. The zero-order valence-corrected chi connectivity index (χ0v) is 10.9. The highest BCUT2D eigenvalue weighted by Crippen LogP contribution is 2.24. The van der Waals surface area contributed by atoms with Crippen LogP contribution in [0, 0.1) is 11.8 Å². The third-order valence-electron chi connectivity index (χ3n) is 3.60. The molecule has 98 valence electrons. The number of likely N-dealkylation sites (tertiary alicyclic amines) is 1. The van der Waals surface area contributed by atoms with Crippen molar-refractivity contribution in [1.82, 2.24) is 9.88 Å². The average molecular weight is 248 g/mol. The first-order chi connectivity index (χ1) is 8.61. The molecule has 1 amide bonds. The van der Waals surface area contributed by atoms with E-state index in [1.165, 1.54) is 0 Å². The van der Waals surface area contributed by atoms with Crippen molar-refractivity contribution in [3.63, 3.8) is 0 Å². The number of nitrogen functional groups attached to an aromatic ring is 1. The Balaban J connectivity index is 2.03. The Morgan fingerprint density at radius 2 is 2.33 bits per heavy atom. The summed E-state index contributed by atoms with van der Waals surface area (Å²) in [6, 6.07) is 3.47. The number of nitrogens with two attached hydrogens (primary N) is 1. The van der Waals surface area contributed by atoms with E-state index in [2.05, 4.69) is 24.3 Å². The molecule has 1 unspecified atom stereocenters. The standard InChI is InChI=1S/C13H20N4O/c1-9(2)10-5-6-17(8-10)13(18)12-4-3-11(16-14)7-15-12/h3-4,7,9-10,16H,5-6,8,14H2,1-2H3. The number of carbonyl (C=O) groups excluding carboxylic acids is 1. The fourth-order valence-electron chi connectivity index (χ4n) is 2.28. The molecule has 2 heterocycles. The van der Waals surface area contributed by atoms with Gasteiger partial charge in [-0.1, -0.05) is 13.8 Å². The van der Waals surface area contributed by atoms with Crippen LogP contribution in [0.2, 0.25) is 0 Å². The minimum atomic E-state index is 0.0155. The predicted octanol–water partition coefficient (Wildman–Crippen LogP) is 1.49. The van der Waals surface area contributed by atoms with Crippen molar-refractivity contribution in [3.05, 3.63) is 24.0 Å². The van der Waals surface area contributed by atoms with E-state index in [1.54, 1.807) is 18.3 Å². The molecule has 0 aromatic carbocycles. The number of pyridine rings is 1. The third-order valence-corrected chi connectivity index (χ3v) is 3.60. The van der Waals surface area contributed by atoms with Crippen molar-refractivity contribution >= 4 is 11.6 Å². The van der Waals surface area contributed by atoms with E-state index in [0.717, 1.165) is 19.5 Å². The van der Waals surface area contributed by atoms with Gasteiger partial charge in [0.25, 0.3) is 5.91 Å². The molecule has 1 aromatic rings. The Kier molecular flexibility index (Phi) is 3.81. The number of aromatic nitrogens is 1. The van der Waals surface area contributed by atoms with E-state index in [4.69, 9.17) is 5.84 Å². The highest BCUT2D eigenvalue weighted by atomic mass is 16.2. The number of nitrogens with one attached hydrogen (secondary N) is 1. The minimum Gasteiger partial charge on any atom is -0.337 e. The van der Waals surface area contributed by atoms with Crippen molar-refractivity contribution in [1.29, 1.82) is 0 Å². The fourth-order valence-corrected chi connectivity index (χ4v) is 2.28. The lowest BCUT2D eigenvalue weighted by molar-refractivity contribution is 0.0778. The number of nitrogens with zero attached hydrogens (tertiary/aromatic N) is 2. The number of hydrogen-bond donors (Lipinski definition) is 2. The van der Waals surface area contributed by atoms with Crippen LogP contribution in [0.5, 0.6) is 0 Å². The van der Waals surface area contributed by atoms with Crippen molar-refractivity contribution in [2.24, 2.45) is 17.7 Å². The first-order valence-corrected chi connectivity index (χ1v) is 6.33. The molecule has 0 aliphatic carbocycles. The maximum atomic E-state index is 12.2. The van der Waals surface area contributed by atoms with Crippen molar-refractivity contribution in [3.8, 4) is 0 Å². The van der Waals surface area contributed by atoms with Gasteiger partial charge in [-0.15, -0.1) is 0 Å². The summed E-state index contributed by atoms with van der Waals surface area (Å²) in [5, 5.41) is 0. The van der Waals surface area contributed by atoms with E-state index >= 15 is 0 Å². The highest BCUT2D eigenvalue weighted by Gasteiger charge is 2.29. The summed E-state index contributed by atoms with van der Waals surface area (Å²) in [6.07, 6.45) is 2.66. The maximum Gasteiger partial charge on any atom is 0.272 e. The van der Waals surface area contributed by atoms with Crippen LogP contribution in [0.15, 0.2) is 18.3 Å². The highest BCUT2D eigenvalue weighted by molar-refractivity contribution is 5.92. The molecule has 5 nitrogen and oxygen atoms in total. The number of amides is 1. The second-order valence-corrected chi connectivity index (χ2v) is 5.12. The molecule has 1 aromatic heterocycles. The number of hydrazine groups is 1. The second kappa shape index (κ2) is 5.35. The van der Waals surface area contributed by atoms with E-state index in [-0.39, 0.29) is 5.91 Å². The van der Waals surface area contributed by atoms with Gasteiger partial charge in [-0.3, -0.25) is 10.6 Å². The Bertz CT molecular complexity index is 416. The fraction of sp³-hybridized carbons (Fsp3) is 0.538. The molecule has 1 atom stereocenters. The maximum absolute atomic E-state index is 12.2. The lowest BCUT2D eigenvalue weighted by atomic mass is 9.95. The van der Waals surface area contributed by atoms with E-state index in [9.17, 15) is 4.79 Å². The first kappa shape index (κ1) is 12.8. The lowest BCUT2D eigenvalue weighted by Crippen LogP contribution is -2.30. The summed E-state index contributed by atoms with van der Waals surface area (Å²) in [5.74, 6) is 6.51. The van der Waals surface area contributed by atoms with Gasteiger partial charge in [-0.2, -0.15) is 0 Å². The quantitative estimate of drug-likeness (QED) is 0.628. The van der Waals surface area contributed by atoms with E-state index in [0.29, 0.717) is 23.2 Å². The average Bonchev–Trinajstić information content (AvgIpc) is 2.88. The molecule has 0 radical (unpaired) electrons. The Hall–Kier alpha value is -1.62. The van der Waals surface area contributed by atoms with E-state index in [1.807, 2.05) is 4.90 Å². The largest absolute Gasteiger partial charge is 0.337 e. The van der Waals surface area contributed by atoms with Crippen LogP contribution in [-0.2, 0) is 0 Å². The molecule has 0 spiro atoms. The summed E-state index contributed by atoms with van der Waals surface area (Å²) in [7, 11) is 0. The smallest absolute Gasteiger partial charge is 0.272 e. The summed E-state index contributed by atoms with van der Waals surface area (Å²) >= 11 is 0. The van der Waals surface area contributed by atoms with Gasteiger partial charge in [0.2, 0.25) is 0 Å². The Morgan fingerprint density at radius 1 is 1.56 bits per heavy atom.